The van der Waals surface area contributed by atoms with Crippen molar-refractivity contribution in [1.82, 2.24) is 44.0 Å². The lowest BCUT2D eigenvalue weighted by Crippen LogP contribution is -2.44. The van der Waals surface area contributed by atoms with E-state index >= 15 is 0 Å². The lowest BCUT2D eigenvalue weighted by atomic mass is 9.89. The quantitative estimate of drug-likeness (QED) is 0.189. The van der Waals surface area contributed by atoms with Crippen LogP contribution in [0.1, 0.15) is 49.6 Å². The van der Waals surface area contributed by atoms with Gasteiger partial charge in [0.15, 0.2) is 5.65 Å². The number of H-pyrrole nitrogens is 1. The normalized spacial score (nSPS) is 19.2. The molecule has 3 aliphatic heterocycles. The maximum Gasteiger partial charge on any atom is 0.332 e. The van der Waals surface area contributed by atoms with E-state index in [-0.39, 0.29) is 11.6 Å². The van der Waals surface area contributed by atoms with E-state index in [1.807, 2.05) is 66.7 Å². The van der Waals surface area contributed by atoms with Crippen molar-refractivity contribution in [1.29, 1.82) is 0 Å². The maximum atomic E-state index is 12.2. The summed E-state index contributed by atoms with van der Waals surface area (Å²) < 4.78 is 9.59. The molecule has 1 atom stereocenters. The van der Waals surface area contributed by atoms with Crippen LogP contribution in [-0.4, -0.2) is 102 Å². The second-order valence-electron chi connectivity index (χ2n) is 15.4. The number of benzene rings is 3. The number of hydrogen-bond donors (Lipinski definition) is 2. The van der Waals surface area contributed by atoms with Gasteiger partial charge in [0, 0.05) is 56.6 Å². The standard InChI is InChI=1S/C43H48N10O3/c44-41-39-40(32-8-12-37(13-9-32)56-36-4-2-1-3-5-36)48-53(42(39)46-29-45-41)34-17-23-51(24-18-34)35-16-22-50(28-35)27-26-49-20-14-31(15-21-49)30-6-10-33(11-7-30)52-25-19-38(54)47-43(52)55/h1-13,19,25,29,31,34-35H,14-18,20-24,26-28H2,(H2,44,45,46)(H,47,54,55). The lowest BCUT2D eigenvalue weighted by molar-refractivity contribution is 0.128. The van der Waals surface area contributed by atoms with Gasteiger partial charge in [-0.2, -0.15) is 5.10 Å². The first-order chi connectivity index (χ1) is 27.4. The van der Waals surface area contributed by atoms with Gasteiger partial charge in [-0.15, -0.1) is 0 Å². The lowest BCUT2D eigenvalue weighted by Gasteiger charge is -2.36. The van der Waals surface area contributed by atoms with Crippen LogP contribution in [0.25, 0.3) is 28.0 Å². The predicted octanol–water partition coefficient (Wildman–Crippen LogP) is 5.30. The largest absolute Gasteiger partial charge is 0.457 e. The summed E-state index contributed by atoms with van der Waals surface area (Å²) in [5.74, 6) is 2.53. The highest BCUT2D eigenvalue weighted by atomic mass is 16.5. The molecule has 13 heteroatoms. The van der Waals surface area contributed by atoms with Gasteiger partial charge in [0.25, 0.3) is 5.56 Å². The minimum absolute atomic E-state index is 0.246. The molecule has 3 N–H and O–H groups in total. The van der Waals surface area contributed by atoms with Crippen molar-refractivity contribution in [2.75, 3.05) is 58.1 Å². The molecule has 288 valence electrons. The van der Waals surface area contributed by atoms with E-state index in [1.165, 1.54) is 28.8 Å². The smallest absolute Gasteiger partial charge is 0.332 e. The van der Waals surface area contributed by atoms with E-state index in [2.05, 4.69) is 46.5 Å². The van der Waals surface area contributed by atoms with Gasteiger partial charge in [-0.3, -0.25) is 19.2 Å². The van der Waals surface area contributed by atoms with Crippen molar-refractivity contribution in [3.63, 3.8) is 0 Å². The van der Waals surface area contributed by atoms with E-state index in [1.54, 1.807) is 6.33 Å². The zero-order valence-electron chi connectivity index (χ0n) is 31.5. The van der Waals surface area contributed by atoms with E-state index in [9.17, 15) is 9.59 Å². The molecule has 3 aromatic heterocycles. The summed E-state index contributed by atoms with van der Waals surface area (Å²) in [4.78, 5) is 42.9. The summed E-state index contributed by atoms with van der Waals surface area (Å²) in [6.45, 7) is 8.81. The molecule has 0 spiro atoms. The maximum absolute atomic E-state index is 12.2. The van der Waals surface area contributed by atoms with E-state index in [0.29, 0.717) is 17.8 Å². The van der Waals surface area contributed by atoms with Crippen LogP contribution in [0.4, 0.5) is 5.82 Å². The molecule has 0 aliphatic carbocycles. The fourth-order valence-corrected chi connectivity index (χ4v) is 8.87. The number of ether oxygens (including phenoxy) is 1. The third-order valence-electron chi connectivity index (χ3n) is 12.0. The Morgan fingerprint density at radius 1 is 0.732 bits per heavy atom. The summed E-state index contributed by atoms with van der Waals surface area (Å²) in [7, 11) is 0. The van der Waals surface area contributed by atoms with Crippen LogP contribution in [-0.2, 0) is 0 Å². The molecule has 9 rings (SSSR count). The molecule has 1 unspecified atom stereocenters. The monoisotopic (exact) mass is 752 g/mol. The number of nitrogens with zero attached hydrogens (tertiary/aromatic N) is 8. The summed E-state index contributed by atoms with van der Waals surface area (Å²) in [6.07, 6.45) is 8.60. The first kappa shape index (κ1) is 36.0. The van der Waals surface area contributed by atoms with Gasteiger partial charge in [0.1, 0.15) is 29.3 Å². The Bertz CT molecular complexity index is 2380. The fourth-order valence-electron chi connectivity index (χ4n) is 8.87. The molecule has 6 aromatic rings. The Kier molecular flexibility index (Phi) is 10.2. The first-order valence-corrected chi connectivity index (χ1v) is 19.9. The zero-order valence-corrected chi connectivity index (χ0v) is 31.5. The van der Waals surface area contributed by atoms with Crippen LogP contribution in [0, 0.1) is 0 Å². The van der Waals surface area contributed by atoms with E-state index < -0.39 is 5.69 Å². The number of anilines is 1. The Morgan fingerprint density at radius 3 is 2.18 bits per heavy atom. The van der Waals surface area contributed by atoms with Crippen molar-refractivity contribution in [2.45, 2.75) is 50.1 Å². The number of aromatic amines is 1. The van der Waals surface area contributed by atoms with E-state index in [4.69, 9.17) is 15.6 Å². The summed E-state index contributed by atoms with van der Waals surface area (Å²) in [6, 6.07) is 28.2. The van der Waals surface area contributed by atoms with Crippen molar-refractivity contribution >= 4 is 16.9 Å². The van der Waals surface area contributed by atoms with Gasteiger partial charge in [-0.1, -0.05) is 30.3 Å². The summed E-state index contributed by atoms with van der Waals surface area (Å²) in [5.41, 5.74) is 10.3. The Balaban J connectivity index is 0.756. The molecule has 0 bridgehead atoms. The van der Waals surface area contributed by atoms with Crippen LogP contribution < -0.4 is 21.7 Å². The molecule has 6 heterocycles. The molecule has 0 radical (unpaired) electrons. The number of nitrogens with two attached hydrogens (primary N) is 1. The highest BCUT2D eigenvalue weighted by molar-refractivity contribution is 5.98. The zero-order chi connectivity index (χ0) is 38.0. The van der Waals surface area contributed by atoms with Crippen LogP contribution in [0.5, 0.6) is 11.5 Å². The third-order valence-corrected chi connectivity index (χ3v) is 12.0. The van der Waals surface area contributed by atoms with Crippen LogP contribution >= 0.6 is 0 Å². The molecule has 3 saturated heterocycles. The minimum atomic E-state index is -0.419. The second-order valence-corrected chi connectivity index (χ2v) is 15.4. The average molecular weight is 753 g/mol. The summed E-state index contributed by atoms with van der Waals surface area (Å²) >= 11 is 0. The van der Waals surface area contributed by atoms with Gasteiger partial charge in [-0.25, -0.2) is 19.4 Å². The Labute approximate surface area is 325 Å². The van der Waals surface area contributed by atoms with Gasteiger partial charge >= 0.3 is 5.69 Å². The molecule has 13 nitrogen and oxygen atoms in total. The summed E-state index contributed by atoms with van der Waals surface area (Å²) in [5, 5.41) is 5.95. The third kappa shape index (κ3) is 7.62. The van der Waals surface area contributed by atoms with Crippen molar-refractivity contribution in [3.05, 3.63) is 124 Å². The topological polar surface area (TPSA) is 143 Å². The minimum Gasteiger partial charge on any atom is -0.457 e. The number of hydrogen-bond acceptors (Lipinski definition) is 10. The number of aromatic nitrogens is 6. The van der Waals surface area contributed by atoms with Crippen molar-refractivity contribution in [3.8, 4) is 28.4 Å². The van der Waals surface area contributed by atoms with E-state index in [0.717, 1.165) is 118 Å². The molecule has 56 heavy (non-hydrogen) atoms. The number of nitrogen functional groups attached to an aromatic ring is 1. The predicted molar refractivity (Wildman–Crippen MR) is 217 cm³/mol. The SMILES string of the molecule is Nc1ncnc2c1c(-c1ccc(Oc3ccccc3)cc1)nn2C1CCN(C2CCN(CCN3CCC(c4ccc(-n5ccc(=O)[nH]c5=O)cc4)CC3)C2)CC1. The Morgan fingerprint density at radius 2 is 1.43 bits per heavy atom. The number of para-hydroxylation sites is 1. The van der Waals surface area contributed by atoms with Gasteiger partial charge < -0.3 is 20.3 Å². The second kappa shape index (κ2) is 15.8. The van der Waals surface area contributed by atoms with Crippen LogP contribution in [0.15, 0.2) is 107 Å². The molecular formula is C43H48N10O3. The van der Waals surface area contributed by atoms with Gasteiger partial charge in [0.2, 0.25) is 0 Å². The van der Waals surface area contributed by atoms with Gasteiger partial charge in [-0.05, 0) is 112 Å². The van der Waals surface area contributed by atoms with Crippen molar-refractivity contribution in [2.24, 2.45) is 0 Å². The van der Waals surface area contributed by atoms with Gasteiger partial charge in [0.05, 0.1) is 17.1 Å². The van der Waals surface area contributed by atoms with Crippen molar-refractivity contribution < 1.29 is 4.74 Å². The first-order valence-electron chi connectivity index (χ1n) is 19.9. The number of piperidine rings is 2. The fraction of sp³-hybridized carbons (Fsp3) is 0.372. The number of nitrogens with one attached hydrogen (secondary N) is 1. The highest BCUT2D eigenvalue weighted by Gasteiger charge is 2.33. The average Bonchev–Trinajstić information content (AvgIpc) is 3.88. The number of fused-ring (bicyclic) bond motifs is 1. The van der Waals surface area contributed by atoms with Crippen LogP contribution in [0.3, 0.4) is 0 Å². The number of likely N-dealkylation sites (tertiary alicyclic amines) is 3. The molecule has 3 aromatic carbocycles. The molecule has 3 fully saturated rings. The van der Waals surface area contributed by atoms with Crippen LogP contribution in [0.2, 0.25) is 0 Å². The molecule has 3 aliphatic rings. The molecule has 0 amide bonds. The number of rotatable bonds is 10. The highest BCUT2D eigenvalue weighted by Crippen LogP contribution is 2.36. The molecular weight excluding hydrogens is 705 g/mol. The Hall–Kier alpha value is -5.63. The molecule has 0 saturated carbocycles.